The minimum atomic E-state index is -1.36. The van der Waals surface area contributed by atoms with Crippen LogP contribution in [-0.2, 0) is 15.2 Å². The maximum atomic E-state index is 11.9. The molecule has 7 nitrogen and oxygen atoms in total. The normalized spacial score (nSPS) is 20.9. The van der Waals surface area contributed by atoms with Crippen molar-refractivity contribution in [2.24, 2.45) is 0 Å². The van der Waals surface area contributed by atoms with Gasteiger partial charge in [-0.15, -0.1) is 5.10 Å². The first kappa shape index (κ1) is 15.8. The average Bonchev–Trinajstić information content (AvgIpc) is 2.98. The van der Waals surface area contributed by atoms with Gasteiger partial charge in [0.2, 0.25) is 5.91 Å². The van der Waals surface area contributed by atoms with E-state index in [0.29, 0.717) is 17.7 Å². The van der Waals surface area contributed by atoms with Crippen molar-refractivity contribution < 1.29 is 14.7 Å². The van der Waals surface area contributed by atoms with Crippen molar-refractivity contribution in [3.05, 3.63) is 46.2 Å². The number of halogens is 1. The molecule has 8 heteroatoms. The van der Waals surface area contributed by atoms with Crippen molar-refractivity contribution in [2.75, 3.05) is 0 Å². The number of imide groups is 1. The van der Waals surface area contributed by atoms with Crippen LogP contribution < -0.4 is 5.32 Å². The largest absolute Gasteiger partial charge is 0.379 e. The fraction of sp³-hybridized carbons (Fsp3) is 0.333. The fourth-order valence-electron chi connectivity index (χ4n) is 2.58. The summed E-state index contributed by atoms with van der Waals surface area (Å²) >= 11 is 3.41. The third kappa shape index (κ3) is 2.91. The third-order valence-corrected chi connectivity index (χ3v) is 4.63. The van der Waals surface area contributed by atoms with Gasteiger partial charge in [-0.3, -0.25) is 14.9 Å². The molecule has 1 aromatic heterocycles. The third-order valence-electron chi connectivity index (χ3n) is 3.94. The highest BCUT2D eigenvalue weighted by atomic mass is 79.9. The van der Waals surface area contributed by atoms with Gasteiger partial charge in [0.1, 0.15) is 17.3 Å². The fourth-order valence-corrected chi connectivity index (χ4v) is 3.25. The number of nitrogens with zero attached hydrogens (tertiary/aromatic N) is 3. The van der Waals surface area contributed by atoms with Crippen molar-refractivity contribution in [1.29, 1.82) is 0 Å². The molecule has 1 aliphatic heterocycles. The number of carbonyl (C=O) groups is 2. The van der Waals surface area contributed by atoms with Gasteiger partial charge in [-0.1, -0.05) is 39.3 Å². The Hall–Kier alpha value is -2.06. The second-order valence-electron chi connectivity index (χ2n) is 5.60. The van der Waals surface area contributed by atoms with Crippen molar-refractivity contribution >= 4 is 27.7 Å². The van der Waals surface area contributed by atoms with Gasteiger partial charge in [-0.2, -0.15) is 0 Å². The highest BCUT2D eigenvalue weighted by Crippen LogP contribution is 2.33. The Morgan fingerprint density at radius 1 is 1.39 bits per heavy atom. The lowest BCUT2D eigenvalue weighted by atomic mass is 9.93. The molecule has 2 amide bonds. The van der Waals surface area contributed by atoms with E-state index >= 15 is 0 Å². The van der Waals surface area contributed by atoms with E-state index in [1.807, 2.05) is 18.2 Å². The number of piperidine rings is 1. The van der Waals surface area contributed by atoms with E-state index in [1.165, 1.54) is 4.68 Å². The van der Waals surface area contributed by atoms with Crippen molar-refractivity contribution in [2.45, 2.75) is 31.4 Å². The van der Waals surface area contributed by atoms with Crippen LogP contribution in [0.3, 0.4) is 0 Å². The van der Waals surface area contributed by atoms with E-state index in [9.17, 15) is 14.7 Å². The Morgan fingerprint density at radius 2 is 2.13 bits per heavy atom. The molecule has 2 unspecified atom stereocenters. The predicted molar refractivity (Wildman–Crippen MR) is 84.3 cm³/mol. The molecule has 3 rings (SSSR count). The molecular weight excluding hydrogens is 364 g/mol. The number of aliphatic hydroxyl groups is 1. The molecule has 23 heavy (non-hydrogen) atoms. The number of nitrogens with one attached hydrogen (secondary N) is 1. The van der Waals surface area contributed by atoms with E-state index in [2.05, 4.69) is 31.6 Å². The molecule has 2 N–H and O–H groups in total. The van der Waals surface area contributed by atoms with E-state index in [0.717, 1.165) is 4.47 Å². The Bertz CT molecular complexity index is 772. The van der Waals surface area contributed by atoms with Crippen LogP contribution >= 0.6 is 15.9 Å². The molecular formula is C15H15BrN4O3. The molecule has 0 aliphatic carbocycles. The molecule has 0 radical (unpaired) electrons. The van der Waals surface area contributed by atoms with Gasteiger partial charge in [0.25, 0.3) is 5.91 Å². The van der Waals surface area contributed by atoms with E-state index in [1.54, 1.807) is 19.2 Å². The summed E-state index contributed by atoms with van der Waals surface area (Å²) in [6, 6.07) is 6.69. The van der Waals surface area contributed by atoms with Crippen LogP contribution in [0.25, 0.3) is 0 Å². The molecule has 1 saturated heterocycles. The van der Waals surface area contributed by atoms with E-state index in [4.69, 9.17) is 0 Å². The van der Waals surface area contributed by atoms with Crippen LogP contribution in [0, 0.1) is 0 Å². The summed E-state index contributed by atoms with van der Waals surface area (Å²) in [7, 11) is 0. The van der Waals surface area contributed by atoms with Crippen molar-refractivity contribution in [3.63, 3.8) is 0 Å². The molecule has 0 spiro atoms. The maximum absolute atomic E-state index is 11.9. The van der Waals surface area contributed by atoms with Crippen molar-refractivity contribution in [1.82, 2.24) is 20.3 Å². The molecule has 2 atom stereocenters. The number of amides is 2. The summed E-state index contributed by atoms with van der Waals surface area (Å²) in [5, 5.41) is 21.1. The number of hydrogen-bond acceptors (Lipinski definition) is 5. The molecule has 0 saturated carbocycles. The zero-order valence-corrected chi connectivity index (χ0v) is 13.9. The Morgan fingerprint density at radius 3 is 2.83 bits per heavy atom. The van der Waals surface area contributed by atoms with Crippen LogP contribution in [-0.4, -0.2) is 31.9 Å². The van der Waals surface area contributed by atoms with Gasteiger partial charge in [-0.25, -0.2) is 4.68 Å². The molecule has 1 aromatic carbocycles. The van der Waals surface area contributed by atoms with Gasteiger partial charge in [0.05, 0.1) is 6.20 Å². The molecule has 1 fully saturated rings. The quantitative estimate of drug-likeness (QED) is 0.783. The number of rotatable bonds is 3. The predicted octanol–water partition coefficient (Wildman–Crippen LogP) is 1.27. The minimum Gasteiger partial charge on any atom is -0.379 e. The standard InChI is InChI=1S/C15H15BrN4O3/c1-15(23,9-4-2-3-5-10(9)16)12-8-20(19-18-12)11-6-7-13(21)17-14(11)22/h2-5,8,11,23H,6-7H2,1H3,(H,17,21,22). The molecule has 0 bridgehead atoms. The molecule has 120 valence electrons. The molecule has 2 aromatic rings. The minimum absolute atomic E-state index is 0.256. The van der Waals surface area contributed by atoms with Crippen LogP contribution in [0.5, 0.6) is 0 Å². The van der Waals surface area contributed by atoms with E-state index in [-0.39, 0.29) is 12.3 Å². The lowest BCUT2D eigenvalue weighted by molar-refractivity contribution is -0.136. The zero-order chi connectivity index (χ0) is 16.6. The zero-order valence-electron chi connectivity index (χ0n) is 12.4. The van der Waals surface area contributed by atoms with Crippen LogP contribution in [0.2, 0.25) is 0 Å². The van der Waals surface area contributed by atoms with Crippen LogP contribution in [0.4, 0.5) is 0 Å². The lowest BCUT2D eigenvalue weighted by Gasteiger charge is -2.23. The summed E-state index contributed by atoms with van der Waals surface area (Å²) < 4.78 is 2.14. The van der Waals surface area contributed by atoms with Gasteiger partial charge >= 0.3 is 0 Å². The van der Waals surface area contributed by atoms with Gasteiger partial charge < -0.3 is 5.11 Å². The summed E-state index contributed by atoms with van der Waals surface area (Å²) in [6.07, 6.45) is 2.16. The summed E-state index contributed by atoms with van der Waals surface area (Å²) in [6.45, 7) is 1.62. The first-order chi connectivity index (χ1) is 10.9. The lowest BCUT2D eigenvalue weighted by Crippen LogP contribution is -2.41. The molecule has 2 heterocycles. The Labute approximate surface area is 140 Å². The second kappa shape index (κ2) is 5.86. The Kier molecular flexibility index (Phi) is 4.03. The van der Waals surface area contributed by atoms with Crippen LogP contribution in [0.1, 0.15) is 37.1 Å². The summed E-state index contributed by atoms with van der Waals surface area (Å²) in [4.78, 5) is 23.1. The highest BCUT2D eigenvalue weighted by Gasteiger charge is 2.34. The Balaban J connectivity index is 1.91. The smallest absolute Gasteiger partial charge is 0.251 e. The number of aromatic nitrogens is 3. The molecule has 1 aliphatic rings. The summed E-state index contributed by atoms with van der Waals surface area (Å²) in [5.41, 5.74) is -0.385. The number of carbonyl (C=O) groups excluding carboxylic acids is 2. The van der Waals surface area contributed by atoms with Gasteiger partial charge in [0.15, 0.2) is 0 Å². The maximum Gasteiger partial charge on any atom is 0.251 e. The topological polar surface area (TPSA) is 97.1 Å². The van der Waals surface area contributed by atoms with Gasteiger partial charge in [0, 0.05) is 16.5 Å². The second-order valence-corrected chi connectivity index (χ2v) is 6.46. The highest BCUT2D eigenvalue weighted by molar-refractivity contribution is 9.10. The number of hydrogen-bond donors (Lipinski definition) is 2. The first-order valence-corrected chi connectivity index (χ1v) is 7.92. The summed E-state index contributed by atoms with van der Waals surface area (Å²) in [5.74, 6) is -0.690. The monoisotopic (exact) mass is 378 g/mol. The number of benzene rings is 1. The van der Waals surface area contributed by atoms with Gasteiger partial charge in [-0.05, 0) is 19.4 Å². The van der Waals surface area contributed by atoms with Crippen molar-refractivity contribution in [3.8, 4) is 0 Å². The first-order valence-electron chi connectivity index (χ1n) is 7.13. The SMILES string of the molecule is CC(O)(c1cn(C2CCC(=O)NC2=O)nn1)c1ccccc1Br. The van der Waals surface area contributed by atoms with E-state index < -0.39 is 17.6 Å². The average molecular weight is 379 g/mol. The van der Waals surface area contributed by atoms with Crippen LogP contribution in [0.15, 0.2) is 34.9 Å².